The summed E-state index contributed by atoms with van der Waals surface area (Å²) in [6.45, 7) is 2.48. The van der Waals surface area contributed by atoms with E-state index in [0.29, 0.717) is 23.8 Å². The van der Waals surface area contributed by atoms with Gasteiger partial charge in [0.05, 0.1) is 0 Å². The molecule has 1 N–H and O–H groups in total. The van der Waals surface area contributed by atoms with Crippen molar-refractivity contribution >= 4 is 51.7 Å². The fourth-order valence-electron chi connectivity index (χ4n) is 4.13. The highest BCUT2D eigenvalue weighted by Crippen LogP contribution is 2.31. The van der Waals surface area contributed by atoms with E-state index in [1.54, 1.807) is 35.6 Å². The standard InChI is InChI=1S/C24H26N4O3S2/c29-21(13-20-22(30)26-24(33-20)27-10-1-2-11-27)25-18-5-3-17(4-6-18)23(31)28(19-7-8-19)14-16-9-12-32-15-16/h3-6,9,12,15,19-20H,1-2,7-8,10-11,13-14H2,(H,25,29). The van der Waals surface area contributed by atoms with Gasteiger partial charge in [-0.25, -0.2) is 0 Å². The Kier molecular flexibility index (Phi) is 6.50. The monoisotopic (exact) mass is 482 g/mol. The summed E-state index contributed by atoms with van der Waals surface area (Å²) in [5, 5.41) is 7.24. The smallest absolute Gasteiger partial charge is 0.262 e. The van der Waals surface area contributed by atoms with Crippen LogP contribution in [0.4, 0.5) is 5.69 Å². The Bertz CT molecular complexity index is 1060. The maximum atomic E-state index is 13.1. The van der Waals surface area contributed by atoms with Crippen LogP contribution in [0.5, 0.6) is 0 Å². The summed E-state index contributed by atoms with van der Waals surface area (Å²) >= 11 is 3.03. The first-order chi connectivity index (χ1) is 16.1. The number of nitrogens with one attached hydrogen (secondary N) is 1. The van der Waals surface area contributed by atoms with Gasteiger partial charge in [-0.1, -0.05) is 11.8 Å². The van der Waals surface area contributed by atoms with Crippen molar-refractivity contribution in [2.24, 2.45) is 4.99 Å². The number of hydrogen-bond donors (Lipinski definition) is 1. The van der Waals surface area contributed by atoms with Crippen molar-refractivity contribution in [3.63, 3.8) is 0 Å². The lowest BCUT2D eigenvalue weighted by atomic mass is 10.1. The van der Waals surface area contributed by atoms with Crippen molar-refractivity contribution in [3.8, 4) is 0 Å². The number of thiophene rings is 1. The van der Waals surface area contributed by atoms with E-state index in [1.165, 1.54) is 11.8 Å². The molecule has 2 aliphatic heterocycles. The van der Waals surface area contributed by atoms with Crippen molar-refractivity contribution < 1.29 is 14.4 Å². The lowest BCUT2D eigenvalue weighted by molar-refractivity contribution is -0.121. The summed E-state index contributed by atoms with van der Waals surface area (Å²) < 4.78 is 0. The normalized spacial score (nSPS) is 20.1. The lowest BCUT2D eigenvalue weighted by Gasteiger charge is -2.22. The number of aliphatic imine (C=N–C) groups is 1. The Balaban J connectivity index is 1.15. The van der Waals surface area contributed by atoms with Crippen molar-refractivity contribution in [1.82, 2.24) is 9.80 Å². The summed E-state index contributed by atoms with van der Waals surface area (Å²) in [7, 11) is 0. The Morgan fingerprint density at radius 2 is 1.88 bits per heavy atom. The van der Waals surface area contributed by atoms with E-state index in [-0.39, 0.29) is 24.1 Å². The predicted octanol–water partition coefficient (Wildman–Crippen LogP) is 3.98. The highest BCUT2D eigenvalue weighted by molar-refractivity contribution is 8.15. The van der Waals surface area contributed by atoms with Crippen LogP contribution >= 0.6 is 23.1 Å². The molecule has 1 aromatic carbocycles. The minimum Gasteiger partial charge on any atom is -0.351 e. The van der Waals surface area contributed by atoms with Crippen molar-refractivity contribution in [2.75, 3.05) is 18.4 Å². The topological polar surface area (TPSA) is 82.1 Å². The van der Waals surface area contributed by atoms with Gasteiger partial charge in [0.2, 0.25) is 5.91 Å². The molecule has 7 nitrogen and oxygen atoms in total. The molecule has 1 saturated heterocycles. The molecule has 1 saturated carbocycles. The van der Waals surface area contributed by atoms with Gasteiger partial charge in [-0.05, 0) is 72.3 Å². The molecule has 1 atom stereocenters. The number of anilines is 1. The number of carbonyl (C=O) groups excluding carboxylic acids is 3. The van der Waals surface area contributed by atoms with Crippen LogP contribution < -0.4 is 5.32 Å². The third kappa shape index (κ3) is 5.30. The molecule has 0 spiro atoms. The molecule has 1 aliphatic carbocycles. The van der Waals surface area contributed by atoms with Gasteiger partial charge in [0.1, 0.15) is 5.25 Å². The average Bonchev–Trinajstić information content (AvgIpc) is 3.19. The second-order valence-corrected chi connectivity index (χ2v) is 10.6. The van der Waals surface area contributed by atoms with Crippen LogP contribution in [0.15, 0.2) is 46.1 Å². The molecular weight excluding hydrogens is 456 g/mol. The summed E-state index contributed by atoms with van der Waals surface area (Å²) in [6, 6.07) is 9.37. The largest absolute Gasteiger partial charge is 0.351 e. The van der Waals surface area contributed by atoms with Crippen LogP contribution in [-0.4, -0.2) is 57.1 Å². The van der Waals surface area contributed by atoms with Gasteiger partial charge in [-0.3, -0.25) is 14.4 Å². The second-order valence-electron chi connectivity index (χ2n) is 8.66. The molecule has 3 amide bonds. The van der Waals surface area contributed by atoms with Gasteiger partial charge >= 0.3 is 0 Å². The van der Waals surface area contributed by atoms with Crippen LogP contribution in [0.3, 0.4) is 0 Å². The molecule has 2 aromatic rings. The minimum absolute atomic E-state index is 0.0149. The van der Waals surface area contributed by atoms with Gasteiger partial charge in [-0.2, -0.15) is 16.3 Å². The number of hydrogen-bond acceptors (Lipinski definition) is 6. The van der Waals surface area contributed by atoms with Crippen LogP contribution in [0.2, 0.25) is 0 Å². The second kappa shape index (κ2) is 9.69. The Labute approximate surface area is 201 Å². The zero-order valence-electron chi connectivity index (χ0n) is 18.2. The maximum Gasteiger partial charge on any atom is 0.262 e. The molecular formula is C24H26N4O3S2. The van der Waals surface area contributed by atoms with E-state index in [2.05, 4.69) is 26.7 Å². The molecule has 3 aliphatic rings. The zero-order valence-corrected chi connectivity index (χ0v) is 19.9. The maximum absolute atomic E-state index is 13.1. The van der Waals surface area contributed by atoms with E-state index >= 15 is 0 Å². The van der Waals surface area contributed by atoms with Crippen molar-refractivity contribution in [2.45, 2.75) is 49.9 Å². The average molecular weight is 483 g/mol. The highest BCUT2D eigenvalue weighted by Gasteiger charge is 2.34. The van der Waals surface area contributed by atoms with E-state index in [0.717, 1.165) is 49.5 Å². The molecule has 3 heterocycles. The van der Waals surface area contributed by atoms with Crippen LogP contribution in [0.25, 0.3) is 0 Å². The number of amides is 3. The summed E-state index contributed by atoms with van der Waals surface area (Å²) in [4.78, 5) is 46.1. The fourth-order valence-corrected chi connectivity index (χ4v) is 5.90. The van der Waals surface area contributed by atoms with Crippen LogP contribution in [-0.2, 0) is 16.1 Å². The Hall–Kier alpha value is -2.65. The van der Waals surface area contributed by atoms with Gasteiger partial charge < -0.3 is 15.1 Å². The molecule has 0 radical (unpaired) electrons. The van der Waals surface area contributed by atoms with Crippen molar-refractivity contribution in [3.05, 3.63) is 52.2 Å². The molecule has 172 valence electrons. The molecule has 1 aromatic heterocycles. The van der Waals surface area contributed by atoms with Gasteiger partial charge in [0.25, 0.3) is 11.8 Å². The predicted molar refractivity (Wildman–Crippen MR) is 132 cm³/mol. The number of rotatable bonds is 7. The van der Waals surface area contributed by atoms with Gasteiger partial charge in [0, 0.05) is 43.3 Å². The highest BCUT2D eigenvalue weighted by atomic mass is 32.2. The molecule has 9 heteroatoms. The third-order valence-corrected chi connectivity index (χ3v) is 8.02. The Morgan fingerprint density at radius 3 is 2.55 bits per heavy atom. The van der Waals surface area contributed by atoms with E-state index in [9.17, 15) is 14.4 Å². The first-order valence-corrected chi connectivity index (χ1v) is 13.1. The van der Waals surface area contributed by atoms with E-state index < -0.39 is 5.25 Å². The number of thioether (sulfide) groups is 1. The SMILES string of the molecule is O=C(CC1SC(N2CCCC2)=NC1=O)Nc1ccc(C(=O)N(Cc2ccsc2)C2CC2)cc1. The number of benzene rings is 1. The minimum atomic E-state index is -0.467. The molecule has 1 unspecified atom stereocenters. The lowest BCUT2D eigenvalue weighted by Crippen LogP contribution is -2.32. The first-order valence-electron chi connectivity index (χ1n) is 11.3. The van der Waals surface area contributed by atoms with Gasteiger partial charge in [0.15, 0.2) is 5.17 Å². The molecule has 33 heavy (non-hydrogen) atoms. The third-order valence-electron chi connectivity index (χ3n) is 6.07. The van der Waals surface area contributed by atoms with Gasteiger partial charge in [-0.15, -0.1) is 0 Å². The summed E-state index contributed by atoms with van der Waals surface area (Å²) in [5.74, 6) is -0.445. The molecule has 5 rings (SSSR count). The first kappa shape index (κ1) is 22.2. The fraction of sp³-hybridized carbons (Fsp3) is 0.417. The number of nitrogens with zero attached hydrogens (tertiary/aromatic N) is 3. The summed E-state index contributed by atoms with van der Waals surface area (Å²) in [5.41, 5.74) is 2.38. The van der Waals surface area contributed by atoms with E-state index in [4.69, 9.17) is 0 Å². The van der Waals surface area contributed by atoms with Crippen LogP contribution in [0.1, 0.15) is 48.0 Å². The quantitative estimate of drug-likeness (QED) is 0.646. The zero-order chi connectivity index (χ0) is 22.8. The molecule has 0 bridgehead atoms. The molecule has 2 fully saturated rings. The number of carbonyl (C=O) groups is 3. The number of amidine groups is 1. The number of likely N-dealkylation sites (tertiary alicyclic amines) is 1. The van der Waals surface area contributed by atoms with Crippen LogP contribution in [0, 0.1) is 0 Å². The Morgan fingerprint density at radius 1 is 1.12 bits per heavy atom. The summed E-state index contributed by atoms with van der Waals surface area (Å²) in [6.07, 6.45) is 4.41. The van der Waals surface area contributed by atoms with E-state index in [1.807, 2.05) is 10.3 Å². The van der Waals surface area contributed by atoms with Crippen molar-refractivity contribution in [1.29, 1.82) is 0 Å².